The molecule has 1 aliphatic carbocycles. The fourth-order valence-corrected chi connectivity index (χ4v) is 2.92. The number of nitrogens with one attached hydrogen (secondary N) is 2. The minimum atomic E-state index is -0.244. The van der Waals surface area contributed by atoms with Crippen LogP contribution < -0.4 is 10.6 Å². The molecule has 1 fully saturated rings. The van der Waals surface area contributed by atoms with Crippen molar-refractivity contribution in [1.82, 2.24) is 10.5 Å². The number of carbonyl (C=O) groups is 2. The molecule has 1 aromatic carbocycles. The summed E-state index contributed by atoms with van der Waals surface area (Å²) in [5.74, 6) is 0.855. The number of rotatable bonds is 5. The Morgan fingerprint density at radius 1 is 1.19 bits per heavy atom. The van der Waals surface area contributed by atoms with Crippen LogP contribution in [0.5, 0.6) is 0 Å². The van der Waals surface area contributed by atoms with Crippen molar-refractivity contribution in [3.63, 3.8) is 0 Å². The lowest BCUT2D eigenvalue weighted by atomic mass is 9.82. The van der Waals surface area contributed by atoms with Crippen molar-refractivity contribution in [2.45, 2.75) is 52.5 Å². The average molecular weight is 355 g/mol. The van der Waals surface area contributed by atoms with Crippen molar-refractivity contribution in [2.75, 3.05) is 5.32 Å². The first-order valence-electron chi connectivity index (χ1n) is 8.89. The molecule has 26 heavy (non-hydrogen) atoms. The third kappa shape index (κ3) is 4.31. The van der Waals surface area contributed by atoms with Crippen LogP contribution in [0, 0.1) is 5.41 Å². The molecular weight excluding hydrogens is 330 g/mol. The van der Waals surface area contributed by atoms with Gasteiger partial charge in [-0.3, -0.25) is 9.59 Å². The number of hydrogen-bond acceptors (Lipinski definition) is 4. The van der Waals surface area contributed by atoms with Crippen LogP contribution in [0.3, 0.4) is 0 Å². The summed E-state index contributed by atoms with van der Waals surface area (Å²) < 4.78 is 5.28. The van der Waals surface area contributed by atoms with Gasteiger partial charge >= 0.3 is 0 Å². The second kappa shape index (κ2) is 6.94. The van der Waals surface area contributed by atoms with Crippen LogP contribution in [0.2, 0.25) is 0 Å². The minimum Gasteiger partial charge on any atom is -0.360 e. The van der Waals surface area contributed by atoms with E-state index in [9.17, 15) is 9.59 Å². The van der Waals surface area contributed by atoms with Crippen LogP contribution in [0.4, 0.5) is 5.69 Å². The molecule has 2 aromatic rings. The number of nitrogens with zero attached hydrogens (tertiary/aromatic N) is 1. The molecule has 1 atom stereocenters. The fourth-order valence-electron chi connectivity index (χ4n) is 2.92. The Kier molecular flexibility index (Phi) is 4.85. The van der Waals surface area contributed by atoms with E-state index in [1.807, 2.05) is 24.3 Å². The second-order valence-electron chi connectivity index (χ2n) is 7.96. The fraction of sp³-hybridized carbons (Fsp3) is 0.450. The number of carbonyl (C=O) groups excluding carboxylic acids is 2. The van der Waals surface area contributed by atoms with Gasteiger partial charge in [0.1, 0.15) is 5.76 Å². The molecule has 3 rings (SSSR count). The molecule has 138 valence electrons. The Bertz CT molecular complexity index is 798. The molecule has 2 N–H and O–H groups in total. The number of anilines is 1. The van der Waals surface area contributed by atoms with Gasteiger partial charge in [-0.05, 0) is 36.0 Å². The van der Waals surface area contributed by atoms with E-state index in [4.69, 9.17) is 4.52 Å². The highest BCUT2D eigenvalue weighted by atomic mass is 16.5. The third-order valence-electron chi connectivity index (χ3n) is 4.45. The lowest BCUT2D eigenvalue weighted by molar-refractivity contribution is -0.114. The van der Waals surface area contributed by atoms with E-state index >= 15 is 0 Å². The van der Waals surface area contributed by atoms with Crippen LogP contribution in [-0.2, 0) is 4.79 Å². The molecule has 0 saturated heterocycles. The van der Waals surface area contributed by atoms with E-state index in [0.29, 0.717) is 11.6 Å². The second-order valence-corrected chi connectivity index (χ2v) is 7.96. The molecule has 6 heteroatoms. The summed E-state index contributed by atoms with van der Waals surface area (Å²) in [6, 6.07) is 9.04. The van der Waals surface area contributed by atoms with E-state index in [1.54, 1.807) is 6.07 Å². The van der Waals surface area contributed by atoms with E-state index in [2.05, 4.69) is 36.6 Å². The van der Waals surface area contributed by atoms with Crippen molar-refractivity contribution in [3.05, 3.63) is 47.3 Å². The van der Waals surface area contributed by atoms with Gasteiger partial charge in [0.25, 0.3) is 5.91 Å². The lowest BCUT2D eigenvalue weighted by Crippen LogP contribution is -2.36. The lowest BCUT2D eigenvalue weighted by Gasteiger charge is -2.31. The van der Waals surface area contributed by atoms with Gasteiger partial charge in [-0.15, -0.1) is 0 Å². The van der Waals surface area contributed by atoms with Gasteiger partial charge in [-0.1, -0.05) is 38.1 Å². The molecule has 2 amide bonds. The zero-order valence-corrected chi connectivity index (χ0v) is 15.6. The number of amides is 2. The third-order valence-corrected chi connectivity index (χ3v) is 4.45. The summed E-state index contributed by atoms with van der Waals surface area (Å²) in [6.07, 6.45) is 2.20. The zero-order valence-electron chi connectivity index (χ0n) is 15.6. The summed E-state index contributed by atoms with van der Waals surface area (Å²) in [5.41, 5.74) is 1.81. The van der Waals surface area contributed by atoms with Crippen molar-refractivity contribution in [1.29, 1.82) is 0 Å². The zero-order chi connectivity index (χ0) is 18.9. The normalized spacial score (nSPS) is 15.4. The summed E-state index contributed by atoms with van der Waals surface area (Å²) in [5, 5.41) is 9.74. The predicted octanol–water partition coefficient (Wildman–Crippen LogP) is 4.03. The van der Waals surface area contributed by atoms with Crippen LogP contribution in [0.25, 0.3) is 0 Å². The van der Waals surface area contributed by atoms with Crippen LogP contribution >= 0.6 is 0 Å². The molecule has 1 aliphatic rings. The summed E-state index contributed by atoms with van der Waals surface area (Å²) in [6.45, 7) is 7.67. The molecule has 1 unspecified atom stereocenters. The van der Waals surface area contributed by atoms with Gasteiger partial charge in [0.2, 0.25) is 5.91 Å². The van der Waals surface area contributed by atoms with E-state index in [1.165, 1.54) is 6.92 Å². The molecule has 1 aromatic heterocycles. The first-order valence-corrected chi connectivity index (χ1v) is 8.89. The van der Waals surface area contributed by atoms with Gasteiger partial charge in [0.15, 0.2) is 5.69 Å². The highest BCUT2D eigenvalue weighted by Crippen LogP contribution is 2.40. The standard InChI is InChI=1S/C20H25N3O3/c1-12(24)21-15-9-7-14(8-10-15)18(20(2,3)4)22-19(25)16-11-17(26-23-16)13-5-6-13/h7-11,13,18H,5-6H2,1-4H3,(H,21,24)(H,22,25). The van der Waals surface area contributed by atoms with E-state index in [0.717, 1.165) is 29.9 Å². The molecule has 1 heterocycles. The molecule has 6 nitrogen and oxygen atoms in total. The Hall–Kier alpha value is -2.63. The number of hydrogen-bond donors (Lipinski definition) is 2. The van der Waals surface area contributed by atoms with Gasteiger partial charge in [-0.25, -0.2) is 0 Å². The quantitative estimate of drug-likeness (QED) is 0.848. The topological polar surface area (TPSA) is 84.2 Å². The average Bonchev–Trinajstić information content (AvgIpc) is 3.29. The molecule has 0 bridgehead atoms. The van der Waals surface area contributed by atoms with Gasteiger partial charge in [0, 0.05) is 24.6 Å². The maximum atomic E-state index is 12.7. The van der Waals surface area contributed by atoms with Crippen molar-refractivity contribution < 1.29 is 14.1 Å². The van der Waals surface area contributed by atoms with Gasteiger partial charge in [0.05, 0.1) is 6.04 Å². The van der Waals surface area contributed by atoms with Gasteiger partial charge < -0.3 is 15.2 Å². The highest BCUT2D eigenvalue weighted by molar-refractivity contribution is 5.92. The molecule has 0 radical (unpaired) electrons. The van der Waals surface area contributed by atoms with Crippen LogP contribution in [-0.4, -0.2) is 17.0 Å². The Labute approximate surface area is 153 Å². The first-order chi connectivity index (χ1) is 12.2. The predicted molar refractivity (Wildman–Crippen MR) is 98.9 cm³/mol. The summed E-state index contributed by atoms with van der Waals surface area (Å²) in [4.78, 5) is 23.8. The molecule has 0 spiro atoms. The summed E-state index contributed by atoms with van der Waals surface area (Å²) in [7, 11) is 0. The summed E-state index contributed by atoms with van der Waals surface area (Å²) >= 11 is 0. The smallest absolute Gasteiger partial charge is 0.273 e. The maximum Gasteiger partial charge on any atom is 0.273 e. The Morgan fingerprint density at radius 3 is 2.38 bits per heavy atom. The Balaban J connectivity index is 1.77. The molecular formula is C20H25N3O3. The molecule has 0 aliphatic heterocycles. The molecule has 1 saturated carbocycles. The monoisotopic (exact) mass is 355 g/mol. The van der Waals surface area contributed by atoms with Gasteiger partial charge in [-0.2, -0.15) is 0 Å². The number of benzene rings is 1. The number of aromatic nitrogens is 1. The first kappa shape index (κ1) is 18.2. The van der Waals surface area contributed by atoms with E-state index in [-0.39, 0.29) is 23.3 Å². The maximum absolute atomic E-state index is 12.7. The van der Waals surface area contributed by atoms with Crippen molar-refractivity contribution in [3.8, 4) is 0 Å². The van der Waals surface area contributed by atoms with Crippen molar-refractivity contribution in [2.24, 2.45) is 5.41 Å². The largest absolute Gasteiger partial charge is 0.360 e. The van der Waals surface area contributed by atoms with Crippen LogP contribution in [0.15, 0.2) is 34.9 Å². The van der Waals surface area contributed by atoms with Crippen LogP contribution in [0.1, 0.15) is 74.3 Å². The van der Waals surface area contributed by atoms with E-state index < -0.39 is 0 Å². The highest BCUT2D eigenvalue weighted by Gasteiger charge is 2.31. The van der Waals surface area contributed by atoms with Crippen molar-refractivity contribution >= 4 is 17.5 Å². The SMILES string of the molecule is CC(=O)Nc1ccc(C(NC(=O)c2cc(C3CC3)on2)C(C)(C)C)cc1. The Morgan fingerprint density at radius 2 is 1.85 bits per heavy atom. The minimum absolute atomic E-state index is 0.115.